The number of halogens is 1. The second-order valence-electron chi connectivity index (χ2n) is 6.93. The van der Waals surface area contributed by atoms with Crippen LogP contribution in [0, 0.1) is 5.82 Å². The number of hydrogen-bond acceptors (Lipinski definition) is 8. The van der Waals surface area contributed by atoms with Crippen molar-refractivity contribution in [2.24, 2.45) is 0 Å². The fourth-order valence-electron chi connectivity index (χ4n) is 3.29. The molecule has 0 aliphatic carbocycles. The van der Waals surface area contributed by atoms with Crippen LogP contribution in [0.5, 0.6) is 5.88 Å². The SMILES string of the molecule is COc1ccc2ncc(F)c(CN(CCC[C@@H]3CNC(=O)O3)C[C@H](O)CO)c2n1. The van der Waals surface area contributed by atoms with Gasteiger partial charge in [0.1, 0.15) is 17.4 Å². The highest BCUT2D eigenvalue weighted by atomic mass is 19.1. The van der Waals surface area contributed by atoms with Crippen molar-refractivity contribution in [3.8, 4) is 5.88 Å². The van der Waals surface area contributed by atoms with Gasteiger partial charge in [0.05, 0.1) is 38.1 Å². The molecule has 0 bridgehead atoms. The van der Waals surface area contributed by atoms with Crippen LogP contribution in [0.2, 0.25) is 0 Å². The molecule has 3 N–H and O–H groups in total. The van der Waals surface area contributed by atoms with Crippen LogP contribution < -0.4 is 10.1 Å². The average Bonchev–Trinajstić information content (AvgIpc) is 3.14. The minimum Gasteiger partial charge on any atom is -0.481 e. The van der Waals surface area contributed by atoms with Crippen molar-refractivity contribution in [1.29, 1.82) is 0 Å². The lowest BCUT2D eigenvalue weighted by atomic mass is 10.1. The zero-order chi connectivity index (χ0) is 20.8. The molecule has 0 aromatic carbocycles. The third-order valence-corrected chi connectivity index (χ3v) is 4.76. The summed E-state index contributed by atoms with van der Waals surface area (Å²) in [6, 6.07) is 3.36. The topological polar surface area (TPSA) is 117 Å². The number of aliphatic hydroxyl groups excluding tert-OH is 2. The summed E-state index contributed by atoms with van der Waals surface area (Å²) in [6.07, 6.45) is 0.870. The molecule has 0 radical (unpaired) electrons. The third kappa shape index (κ3) is 5.49. The summed E-state index contributed by atoms with van der Waals surface area (Å²) in [6.45, 7) is 0.910. The largest absolute Gasteiger partial charge is 0.481 e. The standard InChI is InChI=1S/C19H25FN4O5/c1-28-17-5-4-16-18(23-17)14(15(20)8-21-16)10-24(9-12(26)11-25)6-2-3-13-7-22-19(27)29-13/h4-5,8,12-13,25-26H,2-3,6-7,9-11H2,1H3,(H,22,27)/t12-,13+/m0/s1. The maximum atomic E-state index is 14.6. The number of methoxy groups -OCH3 is 1. The molecule has 10 heteroatoms. The molecule has 1 fully saturated rings. The molecule has 1 aliphatic rings. The van der Waals surface area contributed by atoms with Crippen molar-refractivity contribution in [1.82, 2.24) is 20.2 Å². The zero-order valence-corrected chi connectivity index (χ0v) is 16.2. The predicted octanol–water partition coefficient (Wildman–Crippen LogP) is 0.821. The van der Waals surface area contributed by atoms with E-state index in [1.54, 1.807) is 12.1 Å². The van der Waals surface area contributed by atoms with E-state index in [4.69, 9.17) is 9.47 Å². The van der Waals surface area contributed by atoms with Crippen molar-refractivity contribution in [2.45, 2.75) is 31.6 Å². The molecule has 0 saturated carbocycles. The van der Waals surface area contributed by atoms with E-state index >= 15 is 0 Å². The van der Waals surface area contributed by atoms with Gasteiger partial charge in [0.25, 0.3) is 0 Å². The summed E-state index contributed by atoms with van der Waals surface area (Å²) < 4.78 is 24.9. The average molecular weight is 408 g/mol. The van der Waals surface area contributed by atoms with E-state index < -0.39 is 24.6 Å². The summed E-state index contributed by atoms with van der Waals surface area (Å²) in [7, 11) is 1.48. The van der Waals surface area contributed by atoms with E-state index in [0.717, 1.165) is 6.20 Å². The van der Waals surface area contributed by atoms with Crippen LogP contribution in [-0.2, 0) is 11.3 Å². The molecule has 1 aliphatic heterocycles. The van der Waals surface area contributed by atoms with E-state index in [-0.39, 0.29) is 19.2 Å². The fraction of sp³-hybridized carbons (Fsp3) is 0.526. The van der Waals surface area contributed by atoms with E-state index in [0.29, 0.717) is 48.4 Å². The third-order valence-electron chi connectivity index (χ3n) is 4.76. The minimum atomic E-state index is -0.959. The number of fused-ring (bicyclic) bond motifs is 1. The van der Waals surface area contributed by atoms with Crippen LogP contribution in [0.1, 0.15) is 18.4 Å². The maximum absolute atomic E-state index is 14.6. The molecule has 2 atom stereocenters. The Balaban J connectivity index is 1.75. The van der Waals surface area contributed by atoms with E-state index in [1.165, 1.54) is 7.11 Å². The first-order valence-electron chi connectivity index (χ1n) is 9.44. The number of cyclic esters (lactones) is 1. The molecule has 1 saturated heterocycles. The Bertz CT molecular complexity index is 853. The second-order valence-corrected chi connectivity index (χ2v) is 6.93. The highest BCUT2D eigenvalue weighted by molar-refractivity contribution is 5.78. The number of carbonyl (C=O) groups excluding carboxylic acids is 1. The Kier molecular flexibility index (Phi) is 7.13. The smallest absolute Gasteiger partial charge is 0.407 e. The van der Waals surface area contributed by atoms with Crippen LogP contribution in [0.3, 0.4) is 0 Å². The highest BCUT2D eigenvalue weighted by Gasteiger charge is 2.23. The molecular weight excluding hydrogens is 383 g/mol. The van der Waals surface area contributed by atoms with Crippen molar-refractivity contribution < 1.29 is 28.9 Å². The van der Waals surface area contributed by atoms with Gasteiger partial charge in [-0.05, 0) is 25.5 Å². The van der Waals surface area contributed by atoms with Crippen molar-refractivity contribution in [3.63, 3.8) is 0 Å². The lowest BCUT2D eigenvalue weighted by Gasteiger charge is -2.25. The lowest BCUT2D eigenvalue weighted by molar-refractivity contribution is 0.0545. The summed E-state index contributed by atoms with van der Waals surface area (Å²) in [5.74, 6) is -0.153. The molecule has 0 spiro atoms. The van der Waals surface area contributed by atoms with Gasteiger partial charge in [0, 0.05) is 24.7 Å². The normalized spacial score (nSPS) is 17.4. The number of carbonyl (C=O) groups is 1. The van der Waals surface area contributed by atoms with Gasteiger partial charge in [-0.1, -0.05) is 0 Å². The van der Waals surface area contributed by atoms with Crippen LogP contribution in [-0.4, -0.2) is 76.7 Å². The summed E-state index contributed by atoms with van der Waals surface area (Å²) in [4.78, 5) is 21.4. The lowest BCUT2D eigenvalue weighted by Crippen LogP contribution is -2.35. The first-order valence-corrected chi connectivity index (χ1v) is 9.44. The Morgan fingerprint density at radius 1 is 1.48 bits per heavy atom. The first kappa shape index (κ1) is 21.2. The molecular formula is C19H25FN4O5. The number of aromatic nitrogens is 2. The number of nitrogens with zero attached hydrogens (tertiary/aromatic N) is 3. The maximum Gasteiger partial charge on any atom is 0.407 e. The minimum absolute atomic E-state index is 0.159. The molecule has 158 valence electrons. The van der Waals surface area contributed by atoms with Gasteiger partial charge in [0.15, 0.2) is 0 Å². The van der Waals surface area contributed by atoms with Crippen molar-refractivity contribution in [2.75, 3.05) is 33.4 Å². The van der Waals surface area contributed by atoms with Crippen LogP contribution in [0.15, 0.2) is 18.3 Å². The number of hydrogen-bond donors (Lipinski definition) is 3. The Morgan fingerprint density at radius 3 is 3.00 bits per heavy atom. The Morgan fingerprint density at radius 2 is 2.31 bits per heavy atom. The molecule has 0 unspecified atom stereocenters. The van der Waals surface area contributed by atoms with Gasteiger partial charge in [-0.25, -0.2) is 14.2 Å². The summed E-state index contributed by atoms with van der Waals surface area (Å²) >= 11 is 0. The number of ether oxygens (including phenoxy) is 2. The summed E-state index contributed by atoms with van der Waals surface area (Å²) in [5.41, 5.74) is 1.27. The Labute approximate surface area is 167 Å². The predicted molar refractivity (Wildman–Crippen MR) is 102 cm³/mol. The van der Waals surface area contributed by atoms with Gasteiger partial charge in [0.2, 0.25) is 5.88 Å². The number of pyridine rings is 2. The number of rotatable bonds is 10. The zero-order valence-electron chi connectivity index (χ0n) is 16.2. The van der Waals surface area contributed by atoms with Crippen molar-refractivity contribution >= 4 is 17.1 Å². The highest BCUT2D eigenvalue weighted by Crippen LogP contribution is 2.23. The molecule has 9 nitrogen and oxygen atoms in total. The monoisotopic (exact) mass is 408 g/mol. The molecule has 3 rings (SSSR count). The second kappa shape index (κ2) is 9.77. The van der Waals surface area contributed by atoms with Crippen molar-refractivity contribution in [3.05, 3.63) is 29.7 Å². The van der Waals surface area contributed by atoms with E-state index in [9.17, 15) is 19.4 Å². The quantitative estimate of drug-likeness (QED) is 0.529. The first-order chi connectivity index (χ1) is 14.0. The summed E-state index contributed by atoms with van der Waals surface area (Å²) in [5, 5.41) is 21.7. The van der Waals surface area contributed by atoms with Gasteiger partial charge >= 0.3 is 6.09 Å². The van der Waals surface area contributed by atoms with Crippen LogP contribution >= 0.6 is 0 Å². The van der Waals surface area contributed by atoms with E-state index in [2.05, 4.69) is 15.3 Å². The van der Waals surface area contributed by atoms with Gasteiger partial charge in [-0.15, -0.1) is 0 Å². The number of nitrogens with one attached hydrogen (secondary N) is 1. The number of amides is 1. The van der Waals surface area contributed by atoms with Gasteiger partial charge in [-0.3, -0.25) is 9.88 Å². The molecule has 3 heterocycles. The Hall–Kier alpha value is -2.56. The molecule has 1 amide bonds. The van der Waals surface area contributed by atoms with E-state index in [1.807, 2.05) is 4.90 Å². The van der Waals surface area contributed by atoms with Crippen LogP contribution in [0.4, 0.5) is 9.18 Å². The fourth-order valence-corrected chi connectivity index (χ4v) is 3.29. The molecule has 2 aromatic heterocycles. The van der Waals surface area contributed by atoms with Gasteiger partial charge < -0.3 is 25.0 Å². The molecule has 29 heavy (non-hydrogen) atoms. The van der Waals surface area contributed by atoms with Gasteiger partial charge in [-0.2, -0.15) is 0 Å². The number of alkyl carbamates (subject to hydrolysis) is 1. The number of aliphatic hydroxyl groups is 2. The molecule has 2 aromatic rings. The van der Waals surface area contributed by atoms with Crippen LogP contribution in [0.25, 0.3) is 11.0 Å².